The molecule has 1 amide bonds. The van der Waals surface area contributed by atoms with Crippen LogP contribution in [-0.4, -0.2) is 34.5 Å². The summed E-state index contributed by atoms with van der Waals surface area (Å²) in [5.74, 6) is -1.28. The molecule has 15 heteroatoms. The van der Waals surface area contributed by atoms with Crippen molar-refractivity contribution in [1.82, 2.24) is 5.43 Å². The van der Waals surface area contributed by atoms with Gasteiger partial charge in [-0.3, -0.25) is 25.0 Å². The normalized spacial score (nSPS) is 10.7. The van der Waals surface area contributed by atoms with Gasteiger partial charge in [-0.05, 0) is 62.2 Å². The molecule has 12 nitrogen and oxygen atoms in total. The zero-order chi connectivity index (χ0) is 27.1. The first kappa shape index (κ1) is 27.9. The zero-order valence-corrected chi connectivity index (χ0v) is 23.0. The van der Waals surface area contributed by atoms with Gasteiger partial charge < -0.3 is 9.47 Å². The molecule has 0 saturated carbocycles. The Labute approximate surface area is 233 Å². The van der Waals surface area contributed by atoms with Gasteiger partial charge in [0, 0.05) is 34.3 Å². The van der Waals surface area contributed by atoms with Crippen molar-refractivity contribution in [2.45, 2.75) is 0 Å². The van der Waals surface area contributed by atoms with Crippen molar-refractivity contribution in [2.75, 3.05) is 6.61 Å². The highest BCUT2D eigenvalue weighted by atomic mass is 79.9. The molecule has 0 bridgehead atoms. The van der Waals surface area contributed by atoms with Crippen molar-refractivity contribution in [2.24, 2.45) is 5.10 Å². The summed E-state index contributed by atoms with van der Waals surface area (Å²) in [5, 5.41) is 25.8. The Morgan fingerprint density at radius 2 is 1.57 bits per heavy atom. The molecule has 190 valence electrons. The van der Waals surface area contributed by atoms with Gasteiger partial charge in [-0.15, -0.1) is 0 Å². The standard InChI is InChI=1S/C22H13Br3N4O8/c23-14-3-1-12(2-4-14)22(31)37-21-13(7-16(29(34)35)9-18(21)25)10-26-27-20(30)11-36-19-6-5-15(28(32)33)8-17(19)24/h1-10H,11H2,(H,27,30). The molecule has 3 aromatic rings. The summed E-state index contributed by atoms with van der Waals surface area (Å²) in [5.41, 5.74) is 1.99. The second-order valence-electron chi connectivity index (χ2n) is 6.95. The lowest BCUT2D eigenvalue weighted by molar-refractivity contribution is -0.385. The first-order chi connectivity index (χ1) is 17.5. The first-order valence-corrected chi connectivity index (χ1v) is 12.3. The van der Waals surface area contributed by atoms with Gasteiger partial charge in [0.15, 0.2) is 12.4 Å². The maximum atomic E-state index is 12.6. The summed E-state index contributed by atoms with van der Waals surface area (Å²) in [6.45, 7) is -0.488. The molecule has 0 spiro atoms. The zero-order valence-electron chi connectivity index (χ0n) is 18.2. The fourth-order valence-electron chi connectivity index (χ4n) is 2.72. The molecule has 0 unspecified atom stereocenters. The van der Waals surface area contributed by atoms with Crippen LogP contribution in [0.1, 0.15) is 15.9 Å². The third-order valence-corrected chi connectivity index (χ3v) is 6.16. The SMILES string of the molecule is O=C(COc1ccc([N+](=O)[O-])cc1Br)NN=Cc1cc([N+](=O)[O-])cc(Br)c1OC(=O)c1ccc(Br)cc1. The molecule has 0 aromatic heterocycles. The minimum Gasteiger partial charge on any atom is -0.483 e. The van der Waals surface area contributed by atoms with E-state index in [1.54, 1.807) is 12.1 Å². The molecule has 3 rings (SSSR count). The van der Waals surface area contributed by atoms with Crippen LogP contribution >= 0.6 is 47.8 Å². The quantitative estimate of drug-likeness (QED) is 0.100. The number of carbonyl (C=O) groups is 2. The fraction of sp³-hybridized carbons (Fsp3) is 0.0455. The average molecular weight is 701 g/mol. The van der Waals surface area contributed by atoms with E-state index in [2.05, 4.69) is 58.3 Å². The number of nitro groups is 2. The van der Waals surface area contributed by atoms with E-state index in [1.807, 2.05) is 0 Å². The van der Waals surface area contributed by atoms with Gasteiger partial charge in [-0.2, -0.15) is 5.10 Å². The van der Waals surface area contributed by atoms with Crippen LogP contribution in [0.2, 0.25) is 0 Å². The number of rotatable bonds is 9. The van der Waals surface area contributed by atoms with Crippen LogP contribution in [0, 0.1) is 20.2 Å². The third kappa shape index (κ3) is 7.65. The summed E-state index contributed by atoms with van der Waals surface area (Å²) in [6, 6.07) is 12.4. The van der Waals surface area contributed by atoms with E-state index >= 15 is 0 Å². The minimum absolute atomic E-state index is 0.0332. The largest absolute Gasteiger partial charge is 0.483 e. The predicted octanol–water partition coefficient (Wildman–Crippen LogP) is 5.54. The molecule has 37 heavy (non-hydrogen) atoms. The number of esters is 1. The summed E-state index contributed by atoms with van der Waals surface area (Å²) in [4.78, 5) is 45.6. The van der Waals surface area contributed by atoms with Crippen molar-refractivity contribution in [3.8, 4) is 11.5 Å². The molecule has 0 aliphatic rings. The molecule has 3 aromatic carbocycles. The smallest absolute Gasteiger partial charge is 0.343 e. The van der Waals surface area contributed by atoms with Gasteiger partial charge in [-0.25, -0.2) is 10.2 Å². The highest BCUT2D eigenvalue weighted by molar-refractivity contribution is 9.11. The number of hydrazone groups is 1. The van der Waals surface area contributed by atoms with E-state index in [1.165, 1.54) is 30.3 Å². The summed E-state index contributed by atoms with van der Waals surface area (Å²) >= 11 is 9.57. The maximum Gasteiger partial charge on any atom is 0.343 e. The van der Waals surface area contributed by atoms with Crippen LogP contribution < -0.4 is 14.9 Å². The lowest BCUT2D eigenvalue weighted by Crippen LogP contribution is -2.24. The number of hydrogen-bond acceptors (Lipinski definition) is 9. The Balaban J connectivity index is 1.73. The van der Waals surface area contributed by atoms with Gasteiger partial charge >= 0.3 is 5.97 Å². The minimum atomic E-state index is -0.720. The lowest BCUT2D eigenvalue weighted by Gasteiger charge is -2.10. The molecular weight excluding hydrogens is 688 g/mol. The molecule has 0 saturated heterocycles. The molecule has 0 radical (unpaired) electrons. The van der Waals surface area contributed by atoms with Gasteiger partial charge in [0.2, 0.25) is 0 Å². The number of halogens is 3. The second kappa shape index (κ2) is 12.5. The number of nitrogens with one attached hydrogen (secondary N) is 1. The van der Waals surface area contributed by atoms with Gasteiger partial charge in [0.25, 0.3) is 17.3 Å². The molecule has 0 heterocycles. The van der Waals surface area contributed by atoms with Crippen molar-refractivity contribution < 1.29 is 28.9 Å². The molecule has 0 aliphatic heterocycles. The van der Waals surface area contributed by atoms with E-state index in [0.29, 0.717) is 0 Å². The average Bonchev–Trinajstić information content (AvgIpc) is 2.85. The summed E-state index contributed by atoms with van der Waals surface area (Å²) < 4.78 is 11.9. The van der Waals surface area contributed by atoms with E-state index < -0.39 is 28.3 Å². The summed E-state index contributed by atoms with van der Waals surface area (Å²) in [7, 11) is 0. The van der Waals surface area contributed by atoms with Gasteiger partial charge in [0.1, 0.15) is 5.75 Å². The number of nitrogens with zero attached hydrogens (tertiary/aromatic N) is 3. The van der Waals surface area contributed by atoms with Crippen molar-refractivity contribution >= 4 is 77.3 Å². The highest BCUT2D eigenvalue weighted by Gasteiger charge is 2.19. The van der Waals surface area contributed by atoms with E-state index in [9.17, 15) is 29.8 Å². The topological polar surface area (TPSA) is 163 Å². The number of ether oxygens (including phenoxy) is 2. The molecule has 0 aliphatic carbocycles. The first-order valence-electron chi connectivity index (χ1n) is 9.89. The molecule has 0 atom stereocenters. The third-order valence-electron chi connectivity index (χ3n) is 4.42. The number of nitro benzene ring substituents is 2. The Kier molecular flexibility index (Phi) is 9.43. The molecule has 1 N–H and O–H groups in total. The van der Waals surface area contributed by atoms with Gasteiger partial charge in [0.05, 0.1) is 30.6 Å². The van der Waals surface area contributed by atoms with Crippen LogP contribution in [0.3, 0.4) is 0 Å². The van der Waals surface area contributed by atoms with E-state index in [0.717, 1.165) is 22.8 Å². The fourth-order valence-corrected chi connectivity index (χ4v) is 4.01. The van der Waals surface area contributed by atoms with Crippen LogP contribution in [0.4, 0.5) is 11.4 Å². The number of carbonyl (C=O) groups excluding carboxylic acids is 2. The molecular formula is C22H13Br3N4O8. The number of amides is 1. The Morgan fingerprint density at radius 1 is 0.919 bits per heavy atom. The lowest BCUT2D eigenvalue weighted by atomic mass is 10.2. The van der Waals surface area contributed by atoms with Crippen LogP contribution in [0.15, 0.2) is 73.1 Å². The highest BCUT2D eigenvalue weighted by Crippen LogP contribution is 2.34. The summed E-state index contributed by atoms with van der Waals surface area (Å²) in [6.07, 6.45) is 1.07. The molecule has 0 fully saturated rings. The Bertz CT molecular complexity index is 1410. The second-order valence-corrected chi connectivity index (χ2v) is 9.58. The predicted molar refractivity (Wildman–Crippen MR) is 142 cm³/mol. The number of non-ortho nitro benzene ring substituents is 2. The van der Waals surface area contributed by atoms with E-state index in [-0.39, 0.29) is 42.9 Å². The monoisotopic (exact) mass is 698 g/mol. The van der Waals surface area contributed by atoms with Gasteiger partial charge in [-0.1, -0.05) is 15.9 Å². The maximum absolute atomic E-state index is 12.6. The van der Waals surface area contributed by atoms with Crippen molar-refractivity contribution in [3.05, 3.63) is 99.4 Å². The number of hydrogen-bond donors (Lipinski definition) is 1. The van der Waals surface area contributed by atoms with Crippen LogP contribution in [0.5, 0.6) is 11.5 Å². The van der Waals surface area contributed by atoms with E-state index in [4.69, 9.17) is 9.47 Å². The Morgan fingerprint density at radius 3 is 2.19 bits per heavy atom. The van der Waals surface area contributed by atoms with Crippen molar-refractivity contribution in [3.63, 3.8) is 0 Å². The van der Waals surface area contributed by atoms with Crippen LogP contribution in [0.25, 0.3) is 0 Å². The van der Waals surface area contributed by atoms with Crippen molar-refractivity contribution in [1.29, 1.82) is 0 Å². The van der Waals surface area contributed by atoms with Crippen LogP contribution in [-0.2, 0) is 4.79 Å². The number of benzene rings is 3. The Hall–Kier alpha value is -3.69.